The normalized spacial score (nSPS) is 16.8. The Morgan fingerprint density at radius 1 is 0.831 bits per heavy atom. The minimum atomic E-state index is -1.29. The van der Waals surface area contributed by atoms with Gasteiger partial charge in [-0.3, -0.25) is 14.5 Å². The van der Waals surface area contributed by atoms with Gasteiger partial charge in [0.25, 0.3) is 5.91 Å². The van der Waals surface area contributed by atoms with Gasteiger partial charge in [-0.15, -0.1) is 11.8 Å². The number of carbonyl (C=O) groups excluding carboxylic acids is 3. The Balaban J connectivity index is 0.989. The summed E-state index contributed by atoms with van der Waals surface area (Å²) >= 11 is 15.3. The van der Waals surface area contributed by atoms with Crippen molar-refractivity contribution < 1.29 is 57.1 Å². The van der Waals surface area contributed by atoms with Gasteiger partial charge in [-0.25, -0.2) is 19.6 Å². The summed E-state index contributed by atoms with van der Waals surface area (Å²) in [6.07, 6.45) is 8.67. The molecule has 5 aromatic carbocycles. The first-order chi connectivity index (χ1) is 40.6. The second-order valence-corrected chi connectivity index (χ2v) is 21.9. The van der Waals surface area contributed by atoms with E-state index in [1.54, 1.807) is 69.6 Å². The number of allylic oxidation sites excluding steroid dienone is 2. The van der Waals surface area contributed by atoms with E-state index in [9.17, 15) is 14.4 Å². The highest BCUT2D eigenvalue weighted by Crippen LogP contribution is 2.45. The average Bonchev–Trinajstić information content (AvgIpc) is 3.81. The van der Waals surface area contributed by atoms with E-state index in [1.807, 2.05) is 114 Å². The molecule has 1 saturated heterocycles. The van der Waals surface area contributed by atoms with Gasteiger partial charge in [-0.1, -0.05) is 143 Å². The Labute approximate surface area is 497 Å². The Kier molecular flexibility index (Phi) is 21.6. The van der Waals surface area contributed by atoms with Gasteiger partial charge in [0.1, 0.15) is 41.6 Å². The summed E-state index contributed by atoms with van der Waals surface area (Å²) in [5.74, 6) is -0.346. The molecule has 0 bridgehead atoms. The lowest BCUT2D eigenvalue weighted by Crippen LogP contribution is -2.70. The first-order valence-electron chi connectivity index (χ1n) is 26.2. The Morgan fingerprint density at radius 3 is 2.07 bits per heavy atom. The molecule has 1 aromatic heterocycles. The number of aliphatic imine (C=N–C) groups is 1. The number of amides is 2. The van der Waals surface area contributed by atoms with Gasteiger partial charge < -0.3 is 53.1 Å². The maximum absolute atomic E-state index is 14.3. The lowest BCUT2D eigenvalue weighted by atomic mass is 9.77. The molecule has 6 aromatic rings. The van der Waals surface area contributed by atoms with Crippen LogP contribution >= 0.6 is 35.0 Å². The average molecular weight is 1210 g/mol. The van der Waals surface area contributed by atoms with Crippen LogP contribution in [0.15, 0.2) is 184 Å². The fourth-order valence-electron chi connectivity index (χ4n) is 9.11. The third-order valence-electron chi connectivity index (χ3n) is 13.2. The van der Waals surface area contributed by atoms with E-state index in [2.05, 4.69) is 15.6 Å². The first-order valence-corrected chi connectivity index (χ1v) is 29.3. The van der Waals surface area contributed by atoms with Crippen molar-refractivity contribution in [2.75, 3.05) is 67.1 Å². The summed E-state index contributed by atoms with van der Waals surface area (Å²) in [6.45, 7) is 1.13. The zero-order valence-electron chi connectivity index (χ0n) is 45.7. The largest absolute Gasteiger partial charge is 0.497 e. The molecule has 9 rings (SSSR count). The molecule has 0 saturated carbocycles. The number of nitrogens with zero attached hydrogens (tertiary/aromatic N) is 5. The number of thioether (sulfide) groups is 1. The fraction of sp³-hybridized carbons (Fsp3) is 0.283. The van der Waals surface area contributed by atoms with E-state index in [1.165, 1.54) is 16.7 Å². The molecule has 434 valence electrons. The zero-order valence-corrected chi connectivity index (χ0v) is 48.8. The van der Waals surface area contributed by atoms with Crippen LogP contribution < -0.4 is 24.8 Å². The number of ether oxygens (including phenoxy) is 8. The summed E-state index contributed by atoms with van der Waals surface area (Å²) in [6, 6.07) is 37.7. The molecule has 0 aliphatic carbocycles. The maximum atomic E-state index is 14.3. The number of aromatic nitrogens is 2. The third-order valence-corrected chi connectivity index (χ3v) is 16.5. The van der Waals surface area contributed by atoms with Gasteiger partial charge in [-0.05, 0) is 46.0 Å². The van der Waals surface area contributed by atoms with Crippen molar-refractivity contribution in [2.45, 2.75) is 43.1 Å². The number of esters is 1. The molecule has 23 heteroatoms. The van der Waals surface area contributed by atoms with Crippen LogP contribution in [0.4, 0.5) is 0 Å². The van der Waals surface area contributed by atoms with E-state index in [0.717, 1.165) is 22.3 Å². The van der Waals surface area contributed by atoms with Crippen LogP contribution in [0.5, 0.6) is 17.2 Å². The summed E-state index contributed by atoms with van der Waals surface area (Å²) < 4.78 is 50.9. The van der Waals surface area contributed by atoms with Crippen LogP contribution in [0.1, 0.15) is 34.2 Å². The SMILES string of the molecule is COCCOCOc1c(Cl)cc(CON=S2C=C(CC(=O)NC3C(=O)N4C(C(=O)OCc5ccc(OC)cc5)=C(C=CCn5ccnc5)CSC34)N=C2NC(c2ccccc2)(c2ccccc2)c2ccccc2)c(Cl)c1OCOCCOC. The second-order valence-electron chi connectivity index (χ2n) is 18.6. The highest BCUT2D eigenvalue weighted by molar-refractivity contribution is 8.05. The lowest BCUT2D eigenvalue weighted by molar-refractivity contribution is -0.153. The molecule has 3 atom stereocenters. The monoisotopic (exact) mass is 1210 g/mol. The number of fused-ring (bicyclic) bond motifs is 1. The van der Waals surface area contributed by atoms with Gasteiger partial charge in [0.2, 0.25) is 5.91 Å². The van der Waals surface area contributed by atoms with E-state index in [-0.39, 0.29) is 73.7 Å². The summed E-state index contributed by atoms with van der Waals surface area (Å²) in [7, 11) is 3.40. The van der Waals surface area contributed by atoms with Crippen LogP contribution in [-0.4, -0.2) is 116 Å². The van der Waals surface area contributed by atoms with Crippen molar-refractivity contribution in [1.82, 2.24) is 25.1 Å². The molecule has 3 aliphatic heterocycles. The number of hydrogen-bond acceptors (Lipinski definition) is 17. The predicted octanol–water partition coefficient (Wildman–Crippen LogP) is 9.27. The second kappa shape index (κ2) is 29.8. The van der Waals surface area contributed by atoms with Crippen LogP contribution in [0.25, 0.3) is 0 Å². The smallest absolute Gasteiger partial charge is 0.355 e. The number of methoxy groups -OCH3 is 3. The molecular formula is C60H61Cl2N7O12S2. The number of benzene rings is 5. The minimum absolute atomic E-state index is 0.0358. The number of hydrogen-bond donors (Lipinski definition) is 2. The number of nitrogens with one attached hydrogen (secondary N) is 2. The van der Waals surface area contributed by atoms with E-state index < -0.39 is 45.4 Å². The van der Waals surface area contributed by atoms with Crippen molar-refractivity contribution in [3.05, 3.63) is 212 Å². The minimum Gasteiger partial charge on any atom is -0.497 e. The number of imidazole rings is 1. The lowest BCUT2D eigenvalue weighted by Gasteiger charge is -2.49. The molecule has 3 unspecified atom stereocenters. The van der Waals surface area contributed by atoms with Crippen molar-refractivity contribution in [1.29, 1.82) is 0 Å². The van der Waals surface area contributed by atoms with Crippen LogP contribution in [0.2, 0.25) is 10.0 Å². The topological polar surface area (TPSA) is 204 Å². The molecule has 0 spiro atoms. The zero-order chi connectivity index (χ0) is 58.0. The van der Waals surface area contributed by atoms with Crippen molar-refractivity contribution in [3.63, 3.8) is 0 Å². The number of β-lactam (4-membered cyclic amide) rings is 1. The molecule has 1 fully saturated rings. The molecule has 3 aliphatic rings. The fourth-order valence-corrected chi connectivity index (χ4v) is 12.2. The van der Waals surface area contributed by atoms with Gasteiger partial charge >= 0.3 is 5.97 Å². The summed E-state index contributed by atoms with van der Waals surface area (Å²) in [4.78, 5) is 59.4. The summed E-state index contributed by atoms with van der Waals surface area (Å²) in [5.41, 5.74) is 3.89. The van der Waals surface area contributed by atoms with Gasteiger partial charge in [0.05, 0.1) is 62.0 Å². The molecular weight excluding hydrogens is 1150 g/mol. The van der Waals surface area contributed by atoms with Crippen molar-refractivity contribution in [2.24, 2.45) is 9.52 Å². The number of carbonyl (C=O) groups is 3. The van der Waals surface area contributed by atoms with Crippen LogP contribution in [0.3, 0.4) is 0 Å². The standard InChI is InChI=1S/C60H61Cl2N7O12S2/c1-73-28-30-76-39-79-54-49(61)32-43(51(62)55(54)80-40-77-31-29-74-2)35-81-67-83-37-47(64-59(83)66-60(44-15-7-4-8-16-44,45-17-9-5-10-18-45)46-19-11-6-12-20-46)33-50(70)65-52-56(71)69-53(58(72)78-34-41-21-23-48(75-3)24-22-41)42(36-82-57(52)69)14-13-26-68-27-25-63-38-68/h4-25,27,32,37-38,52,57H,26,28-31,33-36,39-40H2,1-3H3,(H,64,66)(H,65,70). The number of rotatable bonds is 29. The van der Waals surface area contributed by atoms with Gasteiger partial charge in [0.15, 0.2) is 30.3 Å². The molecule has 2 N–H and O–H groups in total. The molecule has 83 heavy (non-hydrogen) atoms. The Hall–Kier alpha value is -7.31. The van der Waals surface area contributed by atoms with E-state index in [0.29, 0.717) is 53.3 Å². The highest BCUT2D eigenvalue weighted by Gasteiger charge is 2.54. The first kappa shape index (κ1) is 60.3. The molecule has 2 amide bonds. The van der Waals surface area contributed by atoms with E-state index >= 15 is 0 Å². The van der Waals surface area contributed by atoms with Gasteiger partial charge in [0, 0.05) is 60.6 Å². The van der Waals surface area contributed by atoms with E-state index in [4.69, 9.17) is 75.5 Å². The molecule has 4 heterocycles. The Morgan fingerprint density at radius 2 is 1.47 bits per heavy atom. The molecule has 0 radical (unpaired) electrons. The quantitative estimate of drug-likeness (QED) is 0.0112. The van der Waals surface area contributed by atoms with Crippen molar-refractivity contribution >= 4 is 68.6 Å². The van der Waals surface area contributed by atoms with Crippen LogP contribution in [-0.2, 0) is 78.9 Å². The predicted molar refractivity (Wildman–Crippen MR) is 316 cm³/mol. The third kappa shape index (κ3) is 14.9. The summed E-state index contributed by atoms with van der Waals surface area (Å²) in [5, 5.41) is 8.59. The van der Waals surface area contributed by atoms with Crippen molar-refractivity contribution in [3.8, 4) is 17.2 Å². The maximum Gasteiger partial charge on any atom is 0.355 e. The number of halogens is 2. The number of amidine groups is 1. The highest BCUT2D eigenvalue weighted by atomic mass is 35.5. The van der Waals surface area contributed by atoms with Crippen LogP contribution in [0, 0.1) is 0 Å². The molecule has 19 nitrogen and oxygen atoms in total. The Bertz CT molecular complexity index is 3240. The van der Waals surface area contributed by atoms with Gasteiger partial charge in [-0.2, -0.15) is 0 Å².